The van der Waals surface area contributed by atoms with Crippen LogP contribution in [0, 0.1) is 0 Å². The molecule has 0 aliphatic carbocycles. The predicted molar refractivity (Wildman–Crippen MR) is 55.5 cm³/mol. The Morgan fingerprint density at radius 2 is 1.82 bits per heavy atom. The van der Waals surface area contributed by atoms with Crippen LogP contribution in [0.15, 0.2) is 23.1 Å². The van der Waals surface area contributed by atoms with Gasteiger partial charge in [-0.3, -0.25) is 0 Å². The van der Waals surface area contributed by atoms with Crippen molar-refractivity contribution in [2.24, 2.45) is 0 Å². The summed E-state index contributed by atoms with van der Waals surface area (Å²) in [6, 6.07) is 2.89. The number of fused-ring (bicyclic) bond motifs is 1. The second-order valence-corrected chi connectivity index (χ2v) is 5.94. The SMILES string of the molecule is O=S1(=O)CCCc2cc([B-](F)(F)F)ccc21.[K+]. The van der Waals surface area contributed by atoms with Crippen molar-refractivity contribution in [3.63, 3.8) is 0 Å². The standard InChI is InChI=1S/C9H9BF3O2S.K/c11-10(12,13)8-3-4-9-7(6-8)2-1-5-16(9,14)15;/h3-4,6H,1-2,5H2;/q-1;+1. The minimum atomic E-state index is -5.06. The molecule has 0 fully saturated rings. The first-order valence-electron chi connectivity index (χ1n) is 4.86. The van der Waals surface area contributed by atoms with E-state index in [2.05, 4.69) is 0 Å². The molecule has 1 aliphatic heterocycles. The summed E-state index contributed by atoms with van der Waals surface area (Å²) >= 11 is 0. The van der Waals surface area contributed by atoms with Crippen molar-refractivity contribution in [2.75, 3.05) is 5.75 Å². The van der Waals surface area contributed by atoms with Crippen LogP contribution in [0.2, 0.25) is 0 Å². The summed E-state index contributed by atoms with van der Waals surface area (Å²) in [5.41, 5.74) is -0.432. The first-order chi connectivity index (χ1) is 7.31. The Kier molecular flexibility index (Phi) is 4.94. The van der Waals surface area contributed by atoms with E-state index in [0.29, 0.717) is 18.4 Å². The van der Waals surface area contributed by atoms with Gasteiger partial charge in [-0.15, -0.1) is 5.46 Å². The molecule has 0 spiro atoms. The summed E-state index contributed by atoms with van der Waals surface area (Å²) in [6.07, 6.45) is 0.790. The molecule has 0 unspecified atom stereocenters. The Hall–Kier alpha value is 0.661. The number of aryl methyl sites for hydroxylation is 1. The Morgan fingerprint density at radius 1 is 1.18 bits per heavy atom. The molecule has 0 bridgehead atoms. The molecule has 8 heteroatoms. The third-order valence-electron chi connectivity index (χ3n) is 2.66. The third-order valence-corrected chi connectivity index (χ3v) is 4.55. The summed E-state index contributed by atoms with van der Waals surface area (Å²) in [4.78, 5) is 0.0579. The maximum absolute atomic E-state index is 12.5. The molecule has 1 heterocycles. The van der Waals surface area contributed by atoms with Crippen LogP contribution in [0.3, 0.4) is 0 Å². The van der Waals surface area contributed by atoms with Crippen LogP contribution >= 0.6 is 0 Å². The van der Waals surface area contributed by atoms with E-state index in [1.807, 2.05) is 0 Å². The van der Waals surface area contributed by atoms with Gasteiger partial charge in [0.2, 0.25) is 0 Å². The van der Waals surface area contributed by atoms with Crippen LogP contribution in [0.4, 0.5) is 12.9 Å². The second kappa shape index (κ2) is 5.34. The molecular formula is C9H9BF3KO2S. The zero-order valence-electron chi connectivity index (χ0n) is 9.29. The number of sulfone groups is 1. The molecule has 0 atom stereocenters. The van der Waals surface area contributed by atoms with Gasteiger partial charge in [-0.1, -0.05) is 12.1 Å². The fraction of sp³-hybridized carbons (Fsp3) is 0.333. The zero-order chi connectivity index (χ0) is 12.0. The van der Waals surface area contributed by atoms with E-state index in [0.717, 1.165) is 18.2 Å². The van der Waals surface area contributed by atoms with Crippen LogP contribution in [-0.4, -0.2) is 21.1 Å². The Labute approximate surface area is 140 Å². The van der Waals surface area contributed by atoms with Gasteiger partial charge >= 0.3 is 58.4 Å². The minimum Gasteiger partial charge on any atom is -0.445 e. The zero-order valence-corrected chi connectivity index (χ0v) is 13.2. The largest absolute Gasteiger partial charge is 1.00 e. The van der Waals surface area contributed by atoms with Gasteiger partial charge in [-0.25, -0.2) is 8.42 Å². The Morgan fingerprint density at radius 3 is 2.41 bits per heavy atom. The van der Waals surface area contributed by atoms with Crippen molar-refractivity contribution in [1.82, 2.24) is 0 Å². The van der Waals surface area contributed by atoms with Gasteiger partial charge in [-0.05, 0) is 24.5 Å². The Bertz CT molecular complexity index is 528. The van der Waals surface area contributed by atoms with Crippen LogP contribution < -0.4 is 56.8 Å². The smallest absolute Gasteiger partial charge is 0.445 e. The number of hydrogen-bond acceptors (Lipinski definition) is 2. The van der Waals surface area contributed by atoms with E-state index in [1.165, 1.54) is 0 Å². The molecule has 0 radical (unpaired) electrons. The van der Waals surface area contributed by atoms with Gasteiger partial charge in [-0.2, -0.15) is 0 Å². The average Bonchev–Trinajstić information content (AvgIpc) is 2.15. The molecule has 0 aromatic heterocycles. The van der Waals surface area contributed by atoms with Crippen molar-refractivity contribution < 1.29 is 72.7 Å². The summed E-state index contributed by atoms with van der Waals surface area (Å²) in [6.45, 7) is -5.06. The molecule has 1 aromatic carbocycles. The van der Waals surface area contributed by atoms with Gasteiger partial charge in [0.15, 0.2) is 9.84 Å². The number of rotatable bonds is 1. The molecule has 0 N–H and O–H groups in total. The van der Waals surface area contributed by atoms with E-state index in [1.54, 1.807) is 0 Å². The van der Waals surface area contributed by atoms with E-state index in [-0.39, 0.29) is 62.0 Å². The summed E-state index contributed by atoms with van der Waals surface area (Å²) in [7, 11) is -3.36. The molecule has 0 amide bonds. The maximum atomic E-state index is 12.5. The van der Waals surface area contributed by atoms with Crippen molar-refractivity contribution in [3.05, 3.63) is 23.8 Å². The third kappa shape index (κ3) is 3.36. The van der Waals surface area contributed by atoms with Crippen LogP contribution in [0.1, 0.15) is 12.0 Å². The molecule has 88 valence electrons. The molecule has 1 aliphatic rings. The average molecular weight is 288 g/mol. The van der Waals surface area contributed by atoms with Crippen molar-refractivity contribution >= 4 is 22.3 Å². The fourth-order valence-corrected chi connectivity index (χ4v) is 3.44. The molecule has 1 aromatic rings. The number of halogens is 3. The number of benzene rings is 1. The monoisotopic (exact) mass is 288 g/mol. The van der Waals surface area contributed by atoms with Crippen molar-refractivity contribution in [3.8, 4) is 0 Å². The fourth-order valence-electron chi connectivity index (χ4n) is 1.86. The van der Waals surface area contributed by atoms with Gasteiger partial charge < -0.3 is 12.9 Å². The topological polar surface area (TPSA) is 34.1 Å². The first-order valence-corrected chi connectivity index (χ1v) is 6.51. The molecular weight excluding hydrogens is 279 g/mol. The predicted octanol–water partition coefficient (Wildman–Crippen LogP) is -1.54. The summed E-state index contributed by atoms with van der Waals surface area (Å²) in [5, 5.41) is 0. The normalized spacial score (nSPS) is 18.1. The molecule has 0 saturated heterocycles. The van der Waals surface area contributed by atoms with Crippen LogP contribution in [-0.2, 0) is 16.3 Å². The quantitative estimate of drug-likeness (QED) is 0.587. The Balaban J connectivity index is 0.00000144. The minimum absolute atomic E-state index is 0. The van der Waals surface area contributed by atoms with Gasteiger partial charge in [0.05, 0.1) is 10.6 Å². The van der Waals surface area contributed by atoms with E-state index in [9.17, 15) is 21.4 Å². The molecule has 0 saturated carbocycles. The van der Waals surface area contributed by atoms with E-state index < -0.39 is 22.3 Å². The first kappa shape index (κ1) is 15.7. The van der Waals surface area contributed by atoms with Crippen molar-refractivity contribution in [1.29, 1.82) is 0 Å². The number of hydrogen-bond donors (Lipinski definition) is 0. The van der Waals surface area contributed by atoms with Crippen molar-refractivity contribution in [2.45, 2.75) is 17.7 Å². The maximum Gasteiger partial charge on any atom is 1.00 e. The van der Waals surface area contributed by atoms with Gasteiger partial charge in [0.1, 0.15) is 0 Å². The summed E-state index contributed by atoms with van der Waals surface area (Å²) in [5.74, 6) is 0.0243. The van der Waals surface area contributed by atoms with Crippen LogP contribution in [0.25, 0.3) is 0 Å². The van der Waals surface area contributed by atoms with Crippen LogP contribution in [0.5, 0.6) is 0 Å². The molecule has 2 rings (SSSR count). The molecule has 17 heavy (non-hydrogen) atoms. The summed E-state index contributed by atoms with van der Waals surface area (Å²) < 4.78 is 60.5. The molecule has 2 nitrogen and oxygen atoms in total. The van der Waals surface area contributed by atoms with Gasteiger partial charge in [0.25, 0.3) is 0 Å². The van der Waals surface area contributed by atoms with Gasteiger partial charge in [0, 0.05) is 0 Å². The van der Waals surface area contributed by atoms with E-state index >= 15 is 0 Å². The second-order valence-electron chi connectivity index (χ2n) is 3.86. The van der Waals surface area contributed by atoms with E-state index in [4.69, 9.17) is 0 Å².